The second-order valence-corrected chi connectivity index (χ2v) is 7.88. The zero-order valence-electron chi connectivity index (χ0n) is 16.7. The summed E-state index contributed by atoms with van der Waals surface area (Å²) < 4.78 is 2.05. The molecule has 0 aliphatic heterocycles. The normalized spacial score (nSPS) is 13.5. The minimum absolute atomic E-state index is 0.0137. The highest BCUT2D eigenvalue weighted by molar-refractivity contribution is 5.95. The first kappa shape index (κ1) is 17.8. The number of hydrogen-bond acceptors (Lipinski definition) is 4. The predicted octanol–water partition coefficient (Wildman–Crippen LogP) is 4.50. The predicted molar refractivity (Wildman–Crippen MR) is 120 cm³/mol. The molecule has 1 N–H and O–H groups in total. The zero-order chi connectivity index (χ0) is 20.8. The Kier molecular flexibility index (Phi) is 4.02. The molecular formula is C25H19N5O. The molecule has 6 nitrogen and oxygen atoms in total. The molecule has 5 aromatic rings. The van der Waals surface area contributed by atoms with Crippen molar-refractivity contribution in [1.82, 2.24) is 24.7 Å². The molecule has 150 valence electrons. The van der Waals surface area contributed by atoms with Crippen LogP contribution in [0.2, 0.25) is 0 Å². The number of aromatic nitrogens is 4. The number of carbonyl (C=O) groups excluding carboxylic acids is 1. The summed E-state index contributed by atoms with van der Waals surface area (Å²) in [6, 6.07) is 18.1. The van der Waals surface area contributed by atoms with Crippen LogP contribution in [0.15, 0.2) is 79.4 Å². The van der Waals surface area contributed by atoms with E-state index in [-0.39, 0.29) is 5.91 Å². The van der Waals surface area contributed by atoms with Gasteiger partial charge < -0.3 is 5.32 Å². The number of benzene rings is 2. The fraction of sp³-hybridized carbons (Fsp3) is 0.120. The Bertz CT molecular complexity index is 1430. The summed E-state index contributed by atoms with van der Waals surface area (Å²) in [4.78, 5) is 25.7. The number of nitrogens with zero attached hydrogens (tertiary/aromatic N) is 4. The van der Waals surface area contributed by atoms with Crippen LogP contribution in [0, 0.1) is 0 Å². The highest BCUT2D eigenvalue weighted by Gasteiger charge is 2.23. The number of hydrogen-bond donors (Lipinski definition) is 1. The molecule has 0 radical (unpaired) electrons. The van der Waals surface area contributed by atoms with E-state index in [0.29, 0.717) is 11.6 Å². The first-order valence-electron chi connectivity index (χ1n) is 10.3. The van der Waals surface area contributed by atoms with Gasteiger partial charge in [0.05, 0.1) is 29.3 Å². The molecule has 0 spiro atoms. The molecule has 6 heteroatoms. The lowest BCUT2D eigenvalue weighted by molar-refractivity contribution is 0.0951. The van der Waals surface area contributed by atoms with Gasteiger partial charge in [-0.25, -0.2) is 4.98 Å². The van der Waals surface area contributed by atoms with Gasteiger partial charge in [0.1, 0.15) is 0 Å². The van der Waals surface area contributed by atoms with Crippen LogP contribution in [-0.2, 0) is 0 Å². The van der Waals surface area contributed by atoms with Gasteiger partial charge in [-0.15, -0.1) is 0 Å². The van der Waals surface area contributed by atoms with Crippen molar-refractivity contribution in [3.63, 3.8) is 0 Å². The Morgan fingerprint density at radius 1 is 0.935 bits per heavy atom. The standard InChI is InChI=1S/C25H19N5O/c31-25(29-20-8-9-20)17-5-3-16(4-6-17)22-15-30-23(13-28-24(30)14-27-22)19-7-10-21-18(12-19)2-1-11-26-21/h1-7,10-15,20H,8-9H2,(H,29,31). The zero-order valence-corrected chi connectivity index (χ0v) is 16.7. The largest absolute Gasteiger partial charge is 0.349 e. The molecule has 3 heterocycles. The number of fused-ring (bicyclic) bond motifs is 2. The van der Waals surface area contributed by atoms with Crippen LogP contribution >= 0.6 is 0 Å². The quantitative estimate of drug-likeness (QED) is 0.478. The maximum absolute atomic E-state index is 12.2. The van der Waals surface area contributed by atoms with E-state index in [0.717, 1.165) is 51.9 Å². The van der Waals surface area contributed by atoms with Crippen molar-refractivity contribution in [3.8, 4) is 22.5 Å². The summed E-state index contributed by atoms with van der Waals surface area (Å²) in [5.41, 5.74) is 6.25. The first-order valence-corrected chi connectivity index (χ1v) is 10.3. The average molecular weight is 405 g/mol. The molecule has 6 rings (SSSR count). The molecule has 3 aromatic heterocycles. The van der Waals surface area contributed by atoms with Gasteiger partial charge in [-0.2, -0.15) is 0 Å². The summed E-state index contributed by atoms with van der Waals surface area (Å²) in [5, 5.41) is 4.10. The Morgan fingerprint density at radius 2 is 1.77 bits per heavy atom. The first-order chi connectivity index (χ1) is 15.2. The van der Waals surface area contributed by atoms with E-state index in [4.69, 9.17) is 0 Å². The molecule has 1 saturated carbocycles. The van der Waals surface area contributed by atoms with Gasteiger partial charge in [-0.3, -0.25) is 19.2 Å². The molecule has 0 bridgehead atoms. The molecule has 31 heavy (non-hydrogen) atoms. The van der Waals surface area contributed by atoms with Crippen LogP contribution in [0.5, 0.6) is 0 Å². The maximum atomic E-state index is 12.2. The number of rotatable bonds is 4. The highest BCUT2D eigenvalue weighted by Crippen LogP contribution is 2.26. The topological polar surface area (TPSA) is 72.2 Å². The van der Waals surface area contributed by atoms with E-state index >= 15 is 0 Å². The number of imidazole rings is 1. The fourth-order valence-electron chi connectivity index (χ4n) is 3.78. The Hall–Kier alpha value is -4.06. The smallest absolute Gasteiger partial charge is 0.251 e. The Balaban J connectivity index is 1.36. The van der Waals surface area contributed by atoms with E-state index in [1.54, 1.807) is 12.4 Å². The molecule has 2 aromatic carbocycles. The second-order valence-electron chi connectivity index (χ2n) is 7.88. The number of amides is 1. The summed E-state index contributed by atoms with van der Waals surface area (Å²) in [6.45, 7) is 0. The number of carbonyl (C=O) groups is 1. The van der Waals surface area contributed by atoms with Crippen molar-refractivity contribution in [2.75, 3.05) is 0 Å². The number of nitrogens with one attached hydrogen (secondary N) is 1. The van der Waals surface area contributed by atoms with Crippen LogP contribution in [0.3, 0.4) is 0 Å². The van der Waals surface area contributed by atoms with E-state index < -0.39 is 0 Å². The Labute approximate surface area is 178 Å². The third-order valence-corrected chi connectivity index (χ3v) is 5.65. The van der Waals surface area contributed by atoms with Gasteiger partial charge in [-0.1, -0.05) is 24.3 Å². The van der Waals surface area contributed by atoms with Crippen LogP contribution in [0.1, 0.15) is 23.2 Å². The van der Waals surface area contributed by atoms with Gasteiger partial charge in [0.15, 0.2) is 5.65 Å². The average Bonchev–Trinajstić information content (AvgIpc) is 3.53. The summed E-state index contributed by atoms with van der Waals surface area (Å²) in [7, 11) is 0. The molecule has 0 saturated heterocycles. The van der Waals surface area contributed by atoms with Crippen molar-refractivity contribution in [2.24, 2.45) is 0 Å². The summed E-state index contributed by atoms with van der Waals surface area (Å²) in [6.07, 6.45) is 9.58. The van der Waals surface area contributed by atoms with Crippen molar-refractivity contribution in [3.05, 3.63) is 84.9 Å². The fourth-order valence-corrected chi connectivity index (χ4v) is 3.78. The third-order valence-electron chi connectivity index (χ3n) is 5.65. The van der Waals surface area contributed by atoms with Gasteiger partial charge in [0, 0.05) is 40.5 Å². The van der Waals surface area contributed by atoms with E-state index in [9.17, 15) is 4.79 Å². The van der Waals surface area contributed by atoms with Crippen LogP contribution in [-0.4, -0.2) is 31.3 Å². The highest BCUT2D eigenvalue weighted by atomic mass is 16.1. The lowest BCUT2D eigenvalue weighted by Crippen LogP contribution is -2.25. The SMILES string of the molecule is O=C(NC1CC1)c1ccc(-c2cn3c(-c4ccc5ncccc5c4)cnc3cn2)cc1. The van der Waals surface area contributed by atoms with Crippen LogP contribution in [0.25, 0.3) is 39.1 Å². The summed E-state index contributed by atoms with van der Waals surface area (Å²) >= 11 is 0. The molecule has 0 unspecified atom stereocenters. The van der Waals surface area contributed by atoms with E-state index in [1.807, 2.05) is 53.2 Å². The third kappa shape index (κ3) is 3.32. The minimum atomic E-state index is -0.0137. The van der Waals surface area contributed by atoms with Crippen LogP contribution < -0.4 is 5.32 Å². The van der Waals surface area contributed by atoms with Gasteiger partial charge >= 0.3 is 0 Å². The van der Waals surface area contributed by atoms with Crippen molar-refractivity contribution in [2.45, 2.75) is 18.9 Å². The lowest BCUT2D eigenvalue weighted by atomic mass is 10.1. The van der Waals surface area contributed by atoms with Gasteiger partial charge in [0.25, 0.3) is 5.91 Å². The van der Waals surface area contributed by atoms with E-state index in [1.165, 1.54) is 0 Å². The maximum Gasteiger partial charge on any atom is 0.251 e. The number of pyridine rings is 1. The summed E-state index contributed by atoms with van der Waals surface area (Å²) in [5.74, 6) is -0.0137. The van der Waals surface area contributed by atoms with Crippen molar-refractivity contribution in [1.29, 1.82) is 0 Å². The van der Waals surface area contributed by atoms with Crippen molar-refractivity contribution >= 4 is 22.5 Å². The second kappa shape index (κ2) is 7.02. The molecule has 0 atom stereocenters. The molecular weight excluding hydrogens is 386 g/mol. The van der Waals surface area contributed by atoms with Crippen LogP contribution in [0.4, 0.5) is 0 Å². The van der Waals surface area contributed by atoms with Crippen molar-refractivity contribution < 1.29 is 4.79 Å². The molecule has 1 aliphatic carbocycles. The molecule has 1 aliphatic rings. The van der Waals surface area contributed by atoms with Gasteiger partial charge in [-0.05, 0) is 43.2 Å². The monoisotopic (exact) mass is 405 g/mol. The molecule has 1 amide bonds. The van der Waals surface area contributed by atoms with Gasteiger partial charge in [0.2, 0.25) is 0 Å². The lowest BCUT2D eigenvalue weighted by Gasteiger charge is -2.07. The molecule has 1 fully saturated rings. The van der Waals surface area contributed by atoms with E-state index in [2.05, 4.69) is 38.5 Å². The Morgan fingerprint density at radius 3 is 2.61 bits per heavy atom. The minimum Gasteiger partial charge on any atom is -0.349 e.